The lowest BCUT2D eigenvalue weighted by Gasteiger charge is -2.00. The van der Waals surface area contributed by atoms with Crippen molar-refractivity contribution in [2.45, 2.75) is 6.54 Å². The van der Waals surface area contributed by atoms with Crippen molar-refractivity contribution >= 4 is 33.2 Å². The Morgan fingerprint density at radius 1 is 1.21 bits per heavy atom. The molecule has 0 unspecified atom stereocenters. The zero-order valence-electron chi connectivity index (χ0n) is 15.4. The number of hydrogen-bond donors (Lipinski definition) is 1. The number of amides is 1. The maximum Gasteiger partial charge on any atom is 0.244 e. The van der Waals surface area contributed by atoms with Gasteiger partial charge in [0.05, 0.1) is 17.2 Å². The van der Waals surface area contributed by atoms with Gasteiger partial charge in [-0.15, -0.1) is 11.3 Å². The minimum absolute atomic E-state index is 0.0813. The van der Waals surface area contributed by atoms with Crippen molar-refractivity contribution in [3.8, 4) is 10.6 Å². The zero-order valence-corrected chi connectivity index (χ0v) is 17.0. The van der Waals surface area contributed by atoms with E-state index in [0.29, 0.717) is 6.54 Å². The Hall–Kier alpha value is -2.71. The number of benzene rings is 1. The van der Waals surface area contributed by atoms with Crippen LogP contribution in [0.5, 0.6) is 0 Å². The highest BCUT2D eigenvalue weighted by Crippen LogP contribution is 2.27. The molecule has 1 aromatic carbocycles. The molecule has 0 spiro atoms. The first-order valence-electron chi connectivity index (χ1n) is 8.69. The van der Waals surface area contributed by atoms with Gasteiger partial charge in [0.15, 0.2) is 0 Å². The summed E-state index contributed by atoms with van der Waals surface area (Å²) in [5.74, 6) is -0.418. The van der Waals surface area contributed by atoms with E-state index in [1.54, 1.807) is 17.4 Å². The first-order valence-corrected chi connectivity index (χ1v) is 11.6. The second-order valence-corrected chi connectivity index (χ2v) is 9.56. The van der Waals surface area contributed by atoms with Gasteiger partial charge in [-0.2, -0.15) is 5.10 Å². The molecule has 2 heterocycles. The summed E-state index contributed by atoms with van der Waals surface area (Å²) in [5, 5.41) is 9.25. The van der Waals surface area contributed by atoms with Gasteiger partial charge in [-0.25, -0.2) is 8.42 Å². The molecule has 0 aliphatic carbocycles. The van der Waals surface area contributed by atoms with E-state index in [0.717, 1.165) is 28.0 Å². The number of hydrogen-bond acceptors (Lipinski definition) is 5. The predicted octanol–water partition coefficient (Wildman–Crippen LogP) is 2.83. The molecule has 0 bridgehead atoms. The number of thiophene rings is 1. The molecule has 2 aromatic heterocycles. The van der Waals surface area contributed by atoms with Crippen LogP contribution in [0.3, 0.4) is 0 Å². The molecule has 6 nitrogen and oxygen atoms in total. The van der Waals surface area contributed by atoms with Crippen LogP contribution in [0.25, 0.3) is 16.6 Å². The quantitative estimate of drug-likeness (QED) is 0.574. The second kappa shape index (κ2) is 8.99. The first kappa shape index (κ1) is 20.0. The summed E-state index contributed by atoms with van der Waals surface area (Å²) in [7, 11) is -3.10. The molecule has 3 rings (SSSR count). The standard InChI is InChI=1S/C20H21N3O3S2/c1-28(25,26)13-11-21-19(24)10-9-17-15-23(14-16-6-3-2-4-7-16)22-20(17)18-8-5-12-27-18/h2-10,12,15H,11,13-14H2,1H3,(H,21,24). The second-order valence-electron chi connectivity index (χ2n) is 6.35. The van der Waals surface area contributed by atoms with E-state index in [-0.39, 0.29) is 18.2 Å². The summed E-state index contributed by atoms with van der Waals surface area (Å²) >= 11 is 1.58. The van der Waals surface area contributed by atoms with Crippen LogP contribution in [0.15, 0.2) is 60.1 Å². The Morgan fingerprint density at radius 2 is 2.00 bits per heavy atom. The summed E-state index contributed by atoms with van der Waals surface area (Å²) < 4.78 is 24.1. The Morgan fingerprint density at radius 3 is 2.68 bits per heavy atom. The Balaban J connectivity index is 1.76. The third kappa shape index (κ3) is 5.90. The van der Waals surface area contributed by atoms with E-state index in [4.69, 9.17) is 0 Å². The number of carbonyl (C=O) groups is 1. The van der Waals surface area contributed by atoms with Gasteiger partial charge in [0, 0.05) is 30.6 Å². The van der Waals surface area contributed by atoms with Gasteiger partial charge in [0.1, 0.15) is 15.5 Å². The van der Waals surface area contributed by atoms with Gasteiger partial charge in [-0.3, -0.25) is 9.48 Å². The molecule has 0 aliphatic rings. The molecular weight excluding hydrogens is 394 g/mol. The van der Waals surface area contributed by atoms with Crippen molar-refractivity contribution in [2.24, 2.45) is 0 Å². The number of aromatic nitrogens is 2. The molecule has 146 valence electrons. The monoisotopic (exact) mass is 415 g/mol. The predicted molar refractivity (Wildman–Crippen MR) is 113 cm³/mol. The van der Waals surface area contributed by atoms with E-state index >= 15 is 0 Å². The van der Waals surface area contributed by atoms with E-state index in [1.807, 2.05) is 58.7 Å². The van der Waals surface area contributed by atoms with Crippen molar-refractivity contribution in [3.05, 3.63) is 71.2 Å². The highest BCUT2D eigenvalue weighted by molar-refractivity contribution is 7.90. The van der Waals surface area contributed by atoms with E-state index in [1.165, 1.54) is 6.08 Å². The summed E-state index contributed by atoms with van der Waals surface area (Å²) in [4.78, 5) is 13.0. The van der Waals surface area contributed by atoms with Crippen molar-refractivity contribution in [1.82, 2.24) is 15.1 Å². The van der Waals surface area contributed by atoms with Crippen molar-refractivity contribution in [2.75, 3.05) is 18.6 Å². The van der Waals surface area contributed by atoms with Gasteiger partial charge in [0.25, 0.3) is 0 Å². The Kier molecular flexibility index (Phi) is 6.43. The normalized spacial score (nSPS) is 11.8. The minimum Gasteiger partial charge on any atom is -0.352 e. The van der Waals surface area contributed by atoms with Gasteiger partial charge in [-0.05, 0) is 23.1 Å². The molecule has 1 amide bonds. The molecule has 1 N–H and O–H groups in total. The molecule has 0 aliphatic heterocycles. The van der Waals surface area contributed by atoms with Crippen molar-refractivity contribution in [1.29, 1.82) is 0 Å². The van der Waals surface area contributed by atoms with E-state index in [2.05, 4.69) is 10.4 Å². The maximum absolute atomic E-state index is 12.0. The lowest BCUT2D eigenvalue weighted by Crippen LogP contribution is -2.27. The number of nitrogens with one attached hydrogen (secondary N) is 1. The van der Waals surface area contributed by atoms with Crippen LogP contribution in [0.4, 0.5) is 0 Å². The molecule has 3 aromatic rings. The number of nitrogens with zero attached hydrogens (tertiary/aromatic N) is 2. The number of sulfone groups is 1. The highest BCUT2D eigenvalue weighted by atomic mass is 32.2. The highest BCUT2D eigenvalue weighted by Gasteiger charge is 2.11. The molecule has 0 radical (unpaired) electrons. The number of rotatable bonds is 8. The lowest BCUT2D eigenvalue weighted by atomic mass is 10.2. The molecule has 0 saturated carbocycles. The fraction of sp³-hybridized carbons (Fsp3) is 0.200. The summed E-state index contributed by atoms with van der Waals surface area (Å²) in [6, 6.07) is 14.0. The summed E-state index contributed by atoms with van der Waals surface area (Å²) in [6.45, 7) is 0.723. The maximum atomic E-state index is 12.0. The fourth-order valence-corrected chi connectivity index (χ4v) is 3.80. The smallest absolute Gasteiger partial charge is 0.244 e. The molecular formula is C20H21N3O3S2. The molecule has 8 heteroatoms. The average molecular weight is 416 g/mol. The van der Waals surface area contributed by atoms with E-state index in [9.17, 15) is 13.2 Å². The molecule has 0 atom stereocenters. The van der Waals surface area contributed by atoms with Crippen LogP contribution in [0, 0.1) is 0 Å². The van der Waals surface area contributed by atoms with E-state index < -0.39 is 9.84 Å². The molecule has 0 fully saturated rings. The van der Waals surface area contributed by atoms with Crippen LogP contribution >= 0.6 is 11.3 Å². The van der Waals surface area contributed by atoms with Crippen molar-refractivity contribution in [3.63, 3.8) is 0 Å². The summed E-state index contributed by atoms with van der Waals surface area (Å²) in [6.07, 6.45) is 6.16. The third-order valence-corrected chi connectivity index (χ3v) is 5.74. The SMILES string of the molecule is CS(=O)(=O)CCNC(=O)C=Cc1cn(Cc2ccccc2)nc1-c1cccs1. The van der Waals surface area contributed by atoms with Crippen LogP contribution < -0.4 is 5.32 Å². The molecule has 0 saturated heterocycles. The fourth-order valence-electron chi connectivity index (χ4n) is 2.60. The average Bonchev–Trinajstić information content (AvgIpc) is 3.29. The minimum atomic E-state index is -3.10. The topological polar surface area (TPSA) is 81.1 Å². The largest absolute Gasteiger partial charge is 0.352 e. The van der Waals surface area contributed by atoms with Gasteiger partial charge >= 0.3 is 0 Å². The van der Waals surface area contributed by atoms with Crippen LogP contribution in [-0.4, -0.2) is 42.7 Å². The summed E-state index contributed by atoms with van der Waals surface area (Å²) in [5.41, 5.74) is 2.78. The van der Waals surface area contributed by atoms with Crippen LogP contribution in [-0.2, 0) is 21.2 Å². The number of carbonyl (C=O) groups excluding carboxylic acids is 1. The van der Waals surface area contributed by atoms with Crippen molar-refractivity contribution < 1.29 is 13.2 Å². The van der Waals surface area contributed by atoms with Gasteiger partial charge < -0.3 is 5.32 Å². The first-order chi connectivity index (χ1) is 13.4. The van der Waals surface area contributed by atoms with Crippen LogP contribution in [0.2, 0.25) is 0 Å². The third-order valence-electron chi connectivity index (χ3n) is 3.92. The van der Waals surface area contributed by atoms with Gasteiger partial charge in [-0.1, -0.05) is 36.4 Å². The molecule has 28 heavy (non-hydrogen) atoms. The Bertz CT molecular complexity index is 1050. The lowest BCUT2D eigenvalue weighted by molar-refractivity contribution is -0.116. The zero-order chi connectivity index (χ0) is 20.0. The van der Waals surface area contributed by atoms with Gasteiger partial charge in [0.2, 0.25) is 5.91 Å². The van der Waals surface area contributed by atoms with Crippen LogP contribution in [0.1, 0.15) is 11.1 Å². The Labute approximate surface area is 168 Å².